The van der Waals surface area contributed by atoms with Crippen molar-refractivity contribution < 1.29 is 26.7 Å². The van der Waals surface area contributed by atoms with Crippen molar-refractivity contribution in [2.24, 2.45) is 0 Å². The molecule has 3 aromatic rings. The summed E-state index contributed by atoms with van der Waals surface area (Å²) in [6, 6.07) is 11.9. The fourth-order valence-electron chi connectivity index (χ4n) is 3.44. The summed E-state index contributed by atoms with van der Waals surface area (Å²) in [5.41, 5.74) is 0.754. The Morgan fingerprint density at radius 1 is 0.719 bits per heavy atom. The molecule has 0 saturated heterocycles. The molecule has 0 N–H and O–H groups in total. The van der Waals surface area contributed by atoms with Crippen LogP contribution >= 0.6 is 0 Å². The lowest BCUT2D eigenvalue weighted by atomic mass is 9.97. The van der Waals surface area contributed by atoms with Crippen LogP contribution in [0.5, 0.6) is 5.75 Å². The van der Waals surface area contributed by atoms with Gasteiger partial charge in [-0.3, -0.25) is 0 Å². The third kappa shape index (κ3) is 5.18. The minimum Gasteiger partial charge on any atom is -0.491 e. The minimum atomic E-state index is -1.30. The molecule has 3 rings (SSSR count). The number of unbranched alkanes of at least 4 members (excludes halogenated alkanes) is 1. The van der Waals surface area contributed by atoms with E-state index in [1.807, 2.05) is 12.1 Å². The second kappa shape index (κ2) is 10.9. The van der Waals surface area contributed by atoms with Crippen molar-refractivity contribution >= 4 is 0 Å². The highest BCUT2D eigenvalue weighted by molar-refractivity contribution is 5.72. The standard InChI is InChI=1S/C26H23F5O/c1-2-32-22-15-14-21(25(30)26(22)31)20-13-12-19(23(28)24(20)29)18-10-8-17(9-11-18)7-5-3-4-6-16-27/h4,6,8-15H,2-3,5,7,16H2,1H3. The Hall–Kier alpha value is -3.15. The fraction of sp³-hybridized carbons (Fsp3) is 0.231. The highest BCUT2D eigenvalue weighted by atomic mass is 19.2. The Labute approximate surface area is 184 Å². The van der Waals surface area contributed by atoms with Crippen LogP contribution in [0, 0.1) is 23.3 Å². The number of ether oxygens (including phenoxy) is 1. The van der Waals surface area contributed by atoms with Crippen LogP contribution in [0.25, 0.3) is 22.3 Å². The van der Waals surface area contributed by atoms with Gasteiger partial charge in [0.1, 0.15) is 6.67 Å². The van der Waals surface area contributed by atoms with Crippen molar-refractivity contribution in [3.05, 3.63) is 89.5 Å². The van der Waals surface area contributed by atoms with Crippen molar-refractivity contribution in [2.45, 2.75) is 26.2 Å². The van der Waals surface area contributed by atoms with Gasteiger partial charge in [-0.15, -0.1) is 0 Å². The predicted molar refractivity (Wildman–Crippen MR) is 116 cm³/mol. The number of hydrogen-bond donors (Lipinski definition) is 0. The van der Waals surface area contributed by atoms with Crippen LogP contribution in [-0.4, -0.2) is 13.3 Å². The molecule has 0 amide bonds. The molecule has 168 valence electrons. The molecule has 0 fully saturated rings. The maximum Gasteiger partial charge on any atom is 0.201 e. The second-order valence-electron chi connectivity index (χ2n) is 7.18. The molecule has 0 bridgehead atoms. The Morgan fingerprint density at radius 2 is 1.31 bits per heavy atom. The first-order chi connectivity index (χ1) is 15.5. The molecule has 3 aromatic carbocycles. The molecule has 0 unspecified atom stereocenters. The van der Waals surface area contributed by atoms with Gasteiger partial charge in [0.25, 0.3) is 0 Å². The highest BCUT2D eigenvalue weighted by Gasteiger charge is 2.21. The van der Waals surface area contributed by atoms with Crippen LogP contribution in [0.2, 0.25) is 0 Å². The number of alkyl halides is 1. The summed E-state index contributed by atoms with van der Waals surface area (Å²) < 4.78 is 75.3. The molecule has 6 heteroatoms. The molecule has 1 nitrogen and oxygen atoms in total. The summed E-state index contributed by atoms with van der Waals surface area (Å²) >= 11 is 0. The first-order valence-electron chi connectivity index (χ1n) is 10.4. The molecule has 0 aliphatic carbocycles. The van der Waals surface area contributed by atoms with Gasteiger partial charge in [0.15, 0.2) is 23.2 Å². The van der Waals surface area contributed by atoms with E-state index in [-0.39, 0.29) is 29.0 Å². The first-order valence-corrected chi connectivity index (χ1v) is 10.4. The molecule has 0 atom stereocenters. The van der Waals surface area contributed by atoms with Crippen LogP contribution < -0.4 is 4.74 Å². The molecule has 0 radical (unpaired) electrons. The Balaban J connectivity index is 1.84. The molecule has 0 spiro atoms. The third-order valence-electron chi connectivity index (χ3n) is 5.08. The van der Waals surface area contributed by atoms with Gasteiger partial charge in [0, 0.05) is 16.7 Å². The van der Waals surface area contributed by atoms with Gasteiger partial charge in [0.2, 0.25) is 5.82 Å². The highest BCUT2D eigenvalue weighted by Crippen LogP contribution is 2.35. The monoisotopic (exact) mass is 446 g/mol. The number of halogens is 5. The van der Waals surface area contributed by atoms with E-state index in [1.54, 1.807) is 25.1 Å². The quantitative estimate of drug-likeness (QED) is 0.185. The Morgan fingerprint density at radius 3 is 1.97 bits per heavy atom. The average Bonchev–Trinajstić information content (AvgIpc) is 2.80. The number of benzene rings is 3. The van der Waals surface area contributed by atoms with E-state index in [9.17, 15) is 22.0 Å². The summed E-state index contributed by atoms with van der Waals surface area (Å²) in [7, 11) is 0. The van der Waals surface area contributed by atoms with Crippen molar-refractivity contribution in [2.75, 3.05) is 13.3 Å². The summed E-state index contributed by atoms with van der Waals surface area (Å²) in [5.74, 6) is -5.23. The van der Waals surface area contributed by atoms with Crippen LogP contribution in [-0.2, 0) is 6.42 Å². The summed E-state index contributed by atoms with van der Waals surface area (Å²) in [6.45, 7) is 1.29. The van der Waals surface area contributed by atoms with Gasteiger partial charge >= 0.3 is 0 Å². The van der Waals surface area contributed by atoms with Gasteiger partial charge in [-0.2, -0.15) is 4.39 Å². The predicted octanol–water partition coefficient (Wildman–Crippen LogP) is 7.82. The van der Waals surface area contributed by atoms with Crippen LogP contribution in [0.3, 0.4) is 0 Å². The van der Waals surface area contributed by atoms with E-state index in [1.165, 1.54) is 30.3 Å². The number of allylic oxidation sites excluding steroid dienone is 2. The van der Waals surface area contributed by atoms with E-state index < -0.39 is 29.9 Å². The van der Waals surface area contributed by atoms with Gasteiger partial charge < -0.3 is 4.74 Å². The van der Waals surface area contributed by atoms with Crippen molar-refractivity contribution in [3.63, 3.8) is 0 Å². The second-order valence-corrected chi connectivity index (χ2v) is 7.18. The summed E-state index contributed by atoms with van der Waals surface area (Å²) in [5, 5.41) is 0. The zero-order valence-corrected chi connectivity index (χ0v) is 17.6. The number of aryl methyl sites for hydroxylation is 1. The van der Waals surface area contributed by atoms with E-state index in [4.69, 9.17) is 4.74 Å². The lowest BCUT2D eigenvalue weighted by molar-refractivity contribution is 0.314. The van der Waals surface area contributed by atoms with E-state index in [0.717, 1.165) is 24.8 Å². The zero-order chi connectivity index (χ0) is 23.1. The third-order valence-corrected chi connectivity index (χ3v) is 5.08. The Bertz CT molecular complexity index is 1090. The number of hydrogen-bond acceptors (Lipinski definition) is 1. The maximum absolute atomic E-state index is 14.8. The maximum atomic E-state index is 14.8. The van der Waals surface area contributed by atoms with Crippen LogP contribution in [0.4, 0.5) is 22.0 Å². The van der Waals surface area contributed by atoms with Crippen molar-refractivity contribution in [3.8, 4) is 28.0 Å². The smallest absolute Gasteiger partial charge is 0.201 e. The largest absolute Gasteiger partial charge is 0.491 e. The molecule has 0 aliphatic heterocycles. The topological polar surface area (TPSA) is 9.23 Å². The fourth-order valence-corrected chi connectivity index (χ4v) is 3.44. The zero-order valence-electron chi connectivity index (χ0n) is 17.6. The molecular weight excluding hydrogens is 423 g/mol. The molecule has 0 saturated carbocycles. The van der Waals surface area contributed by atoms with E-state index in [2.05, 4.69) is 0 Å². The molecular formula is C26H23F5O. The van der Waals surface area contributed by atoms with E-state index >= 15 is 0 Å². The SMILES string of the molecule is CCOc1ccc(-c2ccc(-c3ccc(CCCC=CCF)cc3)c(F)c2F)c(F)c1F. The minimum absolute atomic E-state index is 0.0236. The lowest BCUT2D eigenvalue weighted by Gasteiger charge is -2.12. The lowest BCUT2D eigenvalue weighted by Crippen LogP contribution is -2.00. The van der Waals surface area contributed by atoms with Gasteiger partial charge in [-0.1, -0.05) is 48.6 Å². The van der Waals surface area contributed by atoms with Gasteiger partial charge in [-0.25, -0.2) is 17.6 Å². The molecule has 32 heavy (non-hydrogen) atoms. The normalized spacial score (nSPS) is 11.3. The Kier molecular flexibility index (Phi) is 8.03. The van der Waals surface area contributed by atoms with Crippen molar-refractivity contribution in [1.82, 2.24) is 0 Å². The summed E-state index contributed by atoms with van der Waals surface area (Å²) in [6.07, 6.45) is 5.63. The van der Waals surface area contributed by atoms with E-state index in [0.29, 0.717) is 5.56 Å². The average molecular weight is 446 g/mol. The van der Waals surface area contributed by atoms with Gasteiger partial charge in [0.05, 0.1) is 6.61 Å². The van der Waals surface area contributed by atoms with Crippen molar-refractivity contribution in [1.29, 1.82) is 0 Å². The van der Waals surface area contributed by atoms with Gasteiger partial charge in [-0.05, 0) is 49.4 Å². The van der Waals surface area contributed by atoms with Crippen LogP contribution in [0.1, 0.15) is 25.3 Å². The molecule has 0 aromatic heterocycles. The molecule has 0 heterocycles. The summed E-state index contributed by atoms with van der Waals surface area (Å²) in [4.78, 5) is 0. The first kappa shape index (κ1) is 23.5. The molecule has 0 aliphatic rings. The number of rotatable bonds is 9. The van der Waals surface area contributed by atoms with Crippen LogP contribution in [0.15, 0.2) is 60.7 Å².